The van der Waals surface area contributed by atoms with Crippen molar-refractivity contribution in [1.82, 2.24) is 4.90 Å². The predicted molar refractivity (Wildman–Crippen MR) is 96.6 cm³/mol. The van der Waals surface area contributed by atoms with Gasteiger partial charge in [-0.05, 0) is 35.9 Å². The number of anilines is 1. The summed E-state index contributed by atoms with van der Waals surface area (Å²) >= 11 is 0. The zero-order valence-electron chi connectivity index (χ0n) is 14.6. The minimum atomic E-state index is -0.403. The Morgan fingerprint density at radius 2 is 1.96 bits per heavy atom. The summed E-state index contributed by atoms with van der Waals surface area (Å²) in [6.45, 7) is 2.21. The standard InChI is InChI=1S/C20H20FN3O2/c1-26-17-4-2-3-15(11-17)13-20(25)24-9-7-23(8-10-24)19-6-5-16(14-22)12-18(19)21/h2-6,11-12H,7-10,13H2,1H3. The zero-order chi connectivity index (χ0) is 18.5. The van der Waals surface area contributed by atoms with Crippen molar-refractivity contribution >= 4 is 11.6 Å². The van der Waals surface area contributed by atoms with E-state index in [1.54, 1.807) is 24.1 Å². The number of methoxy groups -OCH3 is 1. The van der Waals surface area contributed by atoms with Crippen LogP contribution in [0.2, 0.25) is 0 Å². The summed E-state index contributed by atoms with van der Waals surface area (Å²) in [7, 11) is 1.60. The van der Waals surface area contributed by atoms with Crippen LogP contribution in [-0.4, -0.2) is 44.1 Å². The Labute approximate surface area is 152 Å². The molecule has 134 valence electrons. The van der Waals surface area contributed by atoms with E-state index in [1.807, 2.05) is 35.2 Å². The third-order valence-corrected chi connectivity index (χ3v) is 4.54. The summed E-state index contributed by atoms with van der Waals surface area (Å²) in [5, 5.41) is 8.83. The second kappa shape index (κ2) is 7.87. The molecule has 0 N–H and O–H groups in total. The summed E-state index contributed by atoms with van der Waals surface area (Å²) in [4.78, 5) is 16.2. The molecule has 0 spiro atoms. The maximum atomic E-state index is 14.2. The molecule has 1 aliphatic heterocycles. The second-order valence-corrected chi connectivity index (χ2v) is 6.17. The summed E-state index contributed by atoms with van der Waals surface area (Å²) in [5.41, 5.74) is 1.69. The van der Waals surface area contributed by atoms with E-state index in [9.17, 15) is 9.18 Å². The molecule has 26 heavy (non-hydrogen) atoms. The number of carbonyl (C=O) groups is 1. The van der Waals surface area contributed by atoms with Gasteiger partial charge in [0, 0.05) is 26.2 Å². The Morgan fingerprint density at radius 1 is 1.19 bits per heavy atom. The van der Waals surface area contributed by atoms with E-state index in [0.29, 0.717) is 43.9 Å². The Hall–Kier alpha value is -3.07. The first-order valence-corrected chi connectivity index (χ1v) is 8.46. The van der Waals surface area contributed by atoms with Gasteiger partial charge in [0.05, 0.1) is 30.9 Å². The SMILES string of the molecule is COc1cccc(CC(=O)N2CCN(c3ccc(C#N)cc3F)CC2)c1. The first-order valence-electron chi connectivity index (χ1n) is 8.46. The first kappa shape index (κ1) is 17.7. The molecule has 1 aliphatic rings. The lowest BCUT2D eigenvalue weighted by molar-refractivity contribution is -0.130. The molecule has 1 fully saturated rings. The molecule has 0 saturated carbocycles. The fourth-order valence-electron chi connectivity index (χ4n) is 3.10. The number of amides is 1. The largest absolute Gasteiger partial charge is 0.497 e. The highest BCUT2D eigenvalue weighted by Gasteiger charge is 2.23. The van der Waals surface area contributed by atoms with Gasteiger partial charge >= 0.3 is 0 Å². The van der Waals surface area contributed by atoms with Gasteiger partial charge in [0.1, 0.15) is 11.6 Å². The summed E-state index contributed by atoms with van der Waals surface area (Å²) < 4.78 is 19.3. The number of nitrogens with zero attached hydrogens (tertiary/aromatic N) is 3. The highest BCUT2D eigenvalue weighted by atomic mass is 19.1. The Morgan fingerprint density at radius 3 is 2.62 bits per heavy atom. The quantitative estimate of drug-likeness (QED) is 0.848. The van der Waals surface area contributed by atoms with Crippen molar-refractivity contribution in [3.05, 3.63) is 59.4 Å². The number of piperazine rings is 1. The average Bonchev–Trinajstić information content (AvgIpc) is 2.68. The first-order chi connectivity index (χ1) is 12.6. The van der Waals surface area contributed by atoms with Crippen LogP contribution in [0.3, 0.4) is 0 Å². The molecule has 2 aromatic carbocycles. The van der Waals surface area contributed by atoms with Crippen molar-refractivity contribution in [2.24, 2.45) is 0 Å². The fraction of sp³-hybridized carbons (Fsp3) is 0.300. The fourth-order valence-corrected chi connectivity index (χ4v) is 3.10. The molecule has 3 rings (SSSR count). The normalized spacial score (nSPS) is 14.0. The third-order valence-electron chi connectivity index (χ3n) is 4.54. The van der Waals surface area contributed by atoms with E-state index >= 15 is 0 Å². The Kier molecular flexibility index (Phi) is 5.37. The number of nitriles is 1. The minimum Gasteiger partial charge on any atom is -0.497 e. The molecular weight excluding hydrogens is 333 g/mol. The van der Waals surface area contributed by atoms with Crippen molar-refractivity contribution in [1.29, 1.82) is 5.26 Å². The maximum Gasteiger partial charge on any atom is 0.227 e. The summed E-state index contributed by atoms with van der Waals surface area (Å²) in [6, 6.07) is 13.9. The van der Waals surface area contributed by atoms with Crippen molar-refractivity contribution in [3.63, 3.8) is 0 Å². The van der Waals surface area contributed by atoms with Gasteiger partial charge in [-0.2, -0.15) is 5.26 Å². The molecule has 5 nitrogen and oxygen atoms in total. The third kappa shape index (κ3) is 3.94. The zero-order valence-corrected chi connectivity index (χ0v) is 14.6. The number of hydrogen-bond donors (Lipinski definition) is 0. The van der Waals surface area contributed by atoms with Gasteiger partial charge in [-0.25, -0.2) is 4.39 Å². The molecule has 0 bridgehead atoms. The van der Waals surface area contributed by atoms with Crippen molar-refractivity contribution in [2.45, 2.75) is 6.42 Å². The van der Waals surface area contributed by atoms with Crippen molar-refractivity contribution < 1.29 is 13.9 Å². The van der Waals surface area contributed by atoms with Crippen LogP contribution in [0.4, 0.5) is 10.1 Å². The van der Waals surface area contributed by atoms with Crippen molar-refractivity contribution in [3.8, 4) is 11.8 Å². The minimum absolute atomic E-state index is 0.0539. The van der Waals surface area contributed by atoms with Gasteiger partial charge in [-0.1, -0.05) is 12.1 Å². The van der Waals surface area contributed by atoms with Crippen LogP contribution in [0, 0.1) is 17.1 Å². The highest BCUT2D eigenvalue weighted by Crippen LogP contribution is 2.22. The van der Waals surface area contributed by atoms with E-state index in [2.05, 4.69) is 0 Å². The van der Waals surface area contributed by atoms with E-state index in [4.69, 9.17) is 10.00 Å². The van der Waals surface area contributed by atoms with Gasteiger partial charge < -0.3 is 14.5 Å². The van der Waals surface area contributed by atoms with E-state index in [1.165, 1.54) is 6.07 Å². The highest BCUT2D eigenvalue weighted by molar-refractivity contribution is 5.79. The lowest BCUT2D eigenvalue weighted by Gasteiger charge is -2.36. The Bertz CT molecular complexity index is 839. The lowest BCUT2D eigenvalue weighted by atomic mass is 10.1. The summed E-state index contributed by atoms with van der Waals surface area (Å²) in [6.07, 6.45) is 0.322. The van der Waals surface area contributed by atoms with E-state index in [-0.39, 0.29) is 5.91 Å². The van der Waals surface area contributed by atoms with Crippen LogP contribution in [0.1, 0.15) is 11.1 Å². The smallest absolute Gasteiger partial charge is 0.227 e. The lowest BCUT2D eigenvalue weighted by Crippen LogP contribution is -2.49. The predicted octanol–water partition coefficient (Wildman–Crippen LogP) is 2.60. The molecule has 0 unspecified atom stereocenters. The number of ether oxygens (including phenoxy) is 1. The van der Waals surface area contributed by atoms with E-state index < -0.39 is 5.82 Å². The van der Waals surface area contributed by atoms with Crippen LogP contribution >= 0.6 is 0 Å². The van der Waals surface area contributed by atoms with Crippen LogP contribution in [-0.2, 0) is 11.2 Å². The molecule has 1 saturated heterocycles. The number of rotatable bonds is 4. The van der Waals surface area contributed by atoms with Gasteiger partial charge in [-0.15, -0.1) is 0 Å². The Balaban J connectivity index is 1.59. The number of hydrogen-bond acceptors (Lipinski definition) is 4. The number of benzene rings is 2. The molecular formula is C20H20FN3O2. The monoisotopic (exact) mass is 353 g/mol. The van der Waals surface area contributed by atoms with Gasteiger partial charge in [0.15, 0.2) is 0 Å². The number of halogens is 1. The molecule has 1 heterocycles. The van der Waals surface area contributed by atoms with Gasteiger partial charge in [0.2, 0.25) is 5.91 Å². The number of carbonyl (C=O) groups excluding carboxylic acids is 1. The molecule has 0 aliphatic carbocycles. The van der Waals surface area contributed by atoms with Crippen molar-refractivity contribution in [2.75, 3.05) is 38.2 Å². The maximum absolute atomic E-state index is 14.2. The van der Waals surface area contributed by atoms with Crippen LogP contribution < -0.4 is 9.64 Å². The molecule has 0 aromatic heterocycles. The second-order valence-electron chi connectivity index (χ2n) is 6.17. The summed E-state index contributed by atoms with van der Waals surface area (Å²) in [5.74, 6) is 0.384. The van der Waals surface area contributed by atoms with Crippen LogP contribution in [0.5, 0.6) is 5.75 Å². The van der Waals surface area contributed by atoms with Gasteiger partial charge in [-0.3, -0.25) is 4.79 Å². The molecule has 1 amide bonds. The van der Waals surface area contributed by atoms with Gasteiger partial charge in [0.25, 0.3) is 0 Å². The van der Waals surface area contributed by atoms with Crippen LogP contribution in [0.25, 0.3) is 0 Å². The molecule has 0 atom stereocenters. The molecule has 2 aromatic rings. The average molecular weight is 353 g/mol. The van der Waals surface area contributed by atoms with Crippen LogP contribution in [0.15, 0.2) is 42.5 Å². The molecule has 6 heteroatoms. The molecule has 0 radical (unpaired) electrons. The van der Waals surface area contributed by atoms with E-state index in [0.717, 1.165) is 11.3 Å². The topological polar surface area (TPSA) is 56.6 Å².